The second-order valence-electron chi connectivity index (χ2n) is 4.45. The number of phenolic OH excluding ortho intramolecular Hbond substituents is 1. The maximum absolute atomic E-state index is 12.8. The summed E-state index contributed by atoms with van der Waals surface area (Å²) in [5.74, 6) is -2.82. The Kier molecular flexibility index (Phi) is 5.39. The molecule has 1 rings (SSSR count). The molecule has 0 radical (unpaired) electrons. The summed E-state index contributed by atoms with van der Waals surface area (Å²) in [6.07, 6.45) is -9.27. The number of aliphatic imine (C=N–C) groups is 2. The highest BCUT2D eigenvalue weighted by Crippen LogP contribution is 2.40. The number of rotatable bonds is 2. The highest BCUT2D eigenvalue weighted by atomic mass is 19.4. The minimum absolute atomic E-state index is 0.236. The number of nitrogens with zero attached hydrogens (tertiary/aromatic N) is 3. The summed E-state index contributed by atoms with van der Waals surface area (Å²) in [5, 5.41) is 18.5. The molecule has 0 heterocycles. The van der Waals surface area contributed by atoms with Crippen molar-refractivity contribution in [3.63, 3.8) is 0 Å². The number of hydrogen-bond acceptors (Lipinski definition) is 3. The van der Waals surface area contributed by atoms with Crippen LogP contribution in [-0.4, -0.2) is 23.8 Å². The number of amidine groups is 1. The Balaban J connectivity index is 3.51. The van der Waals surface area contributed by atoms with Gasteiger partial charge in [-0.1, -0.05) is 0 Å². The summed E-state index contributed by atoms with van der Waals surface area (Å²) in [6.45, 7) is 3.82. The lowest BCUT2D eigenvalue weighted by Crippen LogP contribution is -2.20. The highest BCUT2D eigenvalue weighted by Gasteiger charge is 2.36. The molecule has 0 unspecified atom stereocenters. The number of halogens is 6. The SMILES string of the molecule is C=NC(=N/C=C(\C)c1cc(C#N)cc(C(F)(F)F)c1O)C(F)(F)F. The third-order valence-corrected chi connectivity index (χ3v) is 2.75. The molecule has 0 aliphatic rings. The van der Waals surface area contributed by atoms with Crippen molar-refractivity contribution in [2.45, 2.75) is 19.3 Å². The molecule has 1 aromatic rings. The van der Waals surface area contributed by atoms with Crippen molar-refractivity contribution in [3.8, 4) is 11.8 Å². The molecule has 10 heteroatoms. The number of alkyl halides is 6. The van der Waals surface area contributed by atoms with Gasteiger partial charge >= 0.3 is 12.4 Å². The molecule has 0 saturated heterocycles. The minimum atomic E-state index is -4.95. The van der Waals surface area contributed by atoms with Gasteiger partial charge in [-0.2, -0.15) is 31.6 Å². The average molecular weight is 349 g/mol. The fourth-order valence-electron chi connectivity index (χ4n) is 1.65. The van der Waals surface area contributed by atoms with E-state index in [0.717, 1.165) is 13.0 Å². The van der Waals surface area contributed by atoms with E-state index in [0.29, 0.717) is 12.3 Å². The Bertz CT molecular complexity index is 753. The maximum Gasteiger partial charge on any atom is 0.451 e. The molecular weight excluding hydrogens is 340 g/mol. The molecule has 0 aliphatic heterocycles. The smallest absolute Gasteiger partial charge is 0.451 e. The van der Waals surface area contributed by atoms with Crippen LogP contribution < -0.4 is 0 Å². The van der Waals surface area contributed by atoms with Gasteiger partial charge in [-0.3, -0.25) is 0 Å². The topological polar surface area (TPSA) is 68.7 Å². The predicted octanol–water partition coefficient (Wildman–Crippen LogP) is 4.30. The lowest BCUT2D eigenvalue weighted by atomic mass is 9.99. The second-order valence-corrected chi connectivity index (χ2v) is 4.45. The van der Waals surface area contributed by atoms with Crippen LogP contribution in [0.4, 0.5) is 26.3 Å². The molecule has 0 atom stereocenters. The van der Waals surface area contributed by atoms with Crippen LogP contribution in [0, 0.1) is 11.3 Å². The third-order valence-electron chi connectivity index (χ3n) is 2.75. The summed E-state index contributed by atoms with van der Waals surface area (Å²) >= 11 is 0. The summed E-state index contributed by atoms with van der Waals surface area (Å²) in [6, 6.07) is 2.82. The van der Waals surface area contributed by atoms with Gasteiger partial charge in [0, 0.05) is 11.8 Å². The number of aromatic hydroxyl groups is 1. The van der Waals surface area contributed by atoms with E-state index in [1.807, 2.05) is 0 Å². The van der Waals surface area contributed by atoms with E-state index in [1.165, 1.54) is 6.07 Å². The quantitative estimate of drug-likeness (QED) is 0.491. The monoisotopic (exact) mass is 349 g/mol. The summed E-state index contributed by atoms with van der Waals surface area (Å²) in [5.41, 5.74) is -2.62. The van der Waals surface area contributed by atoms with Crippen LogP contribution in [0.5, 0.6) is 5.75 Å². The van der Waals surface area contributed by atoms with Gasteiger partial charge in [0.15, 0.2) is 0 Å². The Morgan fingerprint density at radius 1 is 1.25 bits per heavy atom. The number of hydrogen-bond donors (Lipinski definition) is 1. The van der Waals surface area contributed by atoms with Crippen LogP contribution in [0.1, 0.15) is 23.6 Å². The Morgan fingerprint density at radius 3 is 2.25 bits per heavy atom. The zero-order chi connectivity index (χ0) is 18.7. The van der Waals surface area contributed by atoms with Crippen molar-refractivity contribution < 1.29 is 31.4 Å². The lowest BCUT2D eigenvalue weighted by Gasteiger charge is -2.13. The maximum atomic E-state index is 12.8. The Morgan fingerprint density at radius 2 is 1.83 bits per heavy atom. The average Bonchev–Trinajstić information content (AvgIpc) is 2.45. The summed E-state index contributed by atoms with van der Waals surface area (Å²) < 4.78 is 75.9. The van der Waals surface area contributed by atoms with E-state index >= 15 is 0 Å². The first-order valence-corrected chi connectivity index (χ1v) is 6.05. The van der Waals surface area contributed by atoms with Crippen molar-refractivity contribution in [1.82, 2.24) is 0 Å². The van der Waals surface area contributed by atoms with Gasteiger partial charge in [0.1, 0.15) is 5.75 Å². The van der Waals surface area contributed by atoms with Crippen LogP contribution in [0.15, 0.2) is 28.3 Å². The minimum Gasteiger partial charge on any atom is -0.507 e. The van der Waals surface area contributed by atoms with E-state index in [9.17, 15) is 31.4 Å². The molecule has 0 saturated carbocycles. The van der Waals surface area contributed by atoms with Gasteiger partial charge in [-0.05, 0) is 31.3 Å². The molecule has 1 aromatic carbocycles. The number of nitriles is 1. The van der Waals surface area contributed by atoms with E-state index in [4.69, 9.17) is 5.26 Å². The van der Waals surface area contributed by atoms with Crippen molar-refractivity contribution in [2.24, 2.45) is 9.98 Å². The summed E-state index contributed by atoms with van der Waals surface area (Å²) in [7, 11) is 0. The van der Waals surface area contributed by atoms with Gasteiger partial charge in [-0.15, -0.1) is 0 Å². The molecular formula is C14H9F6N3O. The van der Waals surface area contributed by atoms with Crippen molar-refractivity contribution in [1.29, 1.82) is 5.26 Å². The van der Waals surface area contributed by atoms with Crippen LogP contribution in [0.25, 0.3) is 5.57 Å². The van der Waals surface area contributed by atoms with Crippen molar-refractivity contribution >= 4 is 18.1 Å². The standard InChI is InChI=1S/C14H9F6N3O/c1-7(6-23-12(22-2)14(18,19)20)9-3-8(5-21)4-10(11(9)24)13(15,16)17/h3-4,6,24H,2H2,1H3/b7-6+,23-12?. The Hall–Kier alpha value is -2.83. The molecule has 1 N–H and O–H groups in total. The van der Waals surface area contributed by atoms with Crippen molar-refractivity contribution in [2.75, 3.05) is 0 Å². The van der Waals surface area contributed by atoms with E-state index in [2.05, 4.69) is 16.7 Å². The molecule has 128 valence electrons. The van der Waals surface area contributed by atoms with E-state index < -0.39 is 40.6 Å². The van der Waals surface area contributed by atoms with Gasteiger partial charge in [-0.25, -0.2) is 9.98 Å². The fourth-order valence-corrected chi connectivity index (χ4v) is 1.65. The molecule has 4 nitrogen and oxygen atoms in total. The summed E-state index contributed by atoms with van der Waals surface area (Å²) in [4.78, 5) is 5.68. The van der Waals surface area contributed by atoms with Crippen LogP contribution in [0.2, 0.25) is 0 Å². The Labute approximate surface area is 132 Å². The molecule has 0 aliphatic carbocycles. The lowest BCUT2D eigenvalue weighted by molar-refractivity contribution is -0.138. The van der Waals surface area contributed by atoms with E-state index in [1.54, 1.807) is 0 Å². The van der Waals surface area contributed by atoms with Gasteiger partial charge in [0.2, 0.25) is 5.84 Å². The largest absolute Gasteiger partial charge is 0.507 e. The number of phenols is 1. The van der Waals surface area contributed by atoms with Crippen molar-refractivity contribution in [3.05, 3.63) is 35.0 Å². The molecule has 0 spiro atoms. The number of allylic oxidation sites excluding steroid dienone is 1. The molecule has 0 aromatic heterocycles. The molecule has 24 heavy (non-hydrogen) atoms. The first-order valence-electron chi connectivity index (χ1n) is 6.05. The third kappa shape index (κ3) is 4.34. The van der Waals surface area contributed by atoms with Crippen LogP contribution in [-0.2, 0) is 6.18 Å². The zero-order valence-electron chi connectivity index (χ0n) is 12.0. The van der Waals surface area contributed by atoms with Crippen LogP contribution in [0.3, 0.4) is 0 Å². The van der Waals surface area contributed by atoms with Gasteiger partial charge in [0.05, 0.1) is 17.2 Å². The first-order chi connectivity index (χ1) is 10.9. The van der Waals surface area contributed by atoms with Gasteiger partial charge in [0.25, 0.3) is 0 Å². The second kappa shape index (κ2) is 6.74. The number of benzene rings is 1. The molecule has 0 amide bonds. The molecule has 0 bridgehead atoms. The zero-order valence-corrected chi connectivity index (χ0v) is 12.0. The van der Waals surface area contributed by atoms with Gasteiger partial charge < -0.3 is 5.11 Å². The predicted molar refractivity (Wildman–Crippen MR) is 74.5 cm³/mol. The first kappa shape index (κ1) is 19.2. The van der Waals surface area contributed by atoms with Crippen LogP contribution >= 0.6 is 0 Å². The molecule has 0 fully saturated rings. The van der Waals surface area contributed by atoms with E-state index in [-0.39, 0.29) is 5.57 Å². The normalized spacial score (nSPS) is 13.6. The fraction of sp³-hybridized carbons (Fsp3) is 0.214. The highest BCUT2D eigenvalue weighted by molar-refractivity contribution is 5.92.